The summed E-state index contributed by atoms with van der Waals surface area (Å²) in [5.41, 5.74) is -0.0110. The molecule has 2 aromatic rings. The molecule has 1 aromatic heterocycles. The molecule has 1 saturated carbocycles. The van der Waals surface area contributed by atoms with Crippen molar-refractivity contribution in [3.63, 3.8) is 0 Å². The van der Waals surface area contributed by atoms with Crippen LogP contribution in [0.25, 0.3) is 0 Å². The maximum absolute atomic E-state index is 14.1. The highest BCUT2D eigenvalue weighted by atomic mass is 19.1. The normalized spacial score (nSPS) is 14.8. The van der Waals surface area contributed by atoms with Crippen molar-refractivity contribution in [3.05, 3.63) is 47.5 Å². The van der Waals surface area contributed by atoms with Crippen LogP contribution in [0.5, 0.6) is 0 Å². The Morgan fingerprint density at radius 3 is 2.65 bits per heavy atom. The van der Waals surface area contributed by atoms with Crippen LogP contribution in [0.2, 0.25) is 0 Å². The Labute approximate surface area is 151 Å². The fraction of sp³-hybridized carbons (Fsp3) is 0.421. The molecule has 1 aromatic carbocycles. The summed E-state index contributed by atoms with van der Waals surface area (Å²) in [5.74, 6) is -0.540. The Morgan fingerprint density at radius 2 is 2.00 bits per heavy atom. The first-order valence-electron chi connectivity index (χ1n) is 8.83. The average molecular weight is 359 g/mol. The van der Waals surface area contributed by atoms with E-state index in [1.165, 1.54) is 23.1 Å². The first kappa shape index (κ1) is 18.1. The van der Waals surface area contributed by atoms with Crippen LogP contribution in [0.4, 0.5) is 10.2 Å². The average Bonchev–Trinajstić information content (AvgIpc) is 3.05. The van der Waals surface area contributed by atoms with Crippen molar-refractivity contribution in [1.82, 2.24) is 10.1 Å². The number of hydrogen-bond acceptors (Lipinski definition) is 4. The van der Waals surface area contributed by atoms with Gasteiger partial charge in [0, 0.05) is 12.1 Å². The Kier molecular flexibility index (Phi) is 5.65. The van der Waals surface area contributed by atoms with Crippen LogP contribution in [0.1, 0.15) is 48.2 Å². The van der Waals surface area contributed by atoms with Crippen molar-refractivity contribution < 1.29 is 18.5 Å². The molecule has 1 aliphatic rings. The van der Waals surface area contributed by atoms with Crippen LogP contribution in [-0.4, -0.2) is 34.5 Å². The summed E-state index contributed by atoms with van der Waals surface area (Å²) in [6.45, 7) is 1.57. The van der Waals surface area contributed by atoms with Gasteiger partial charge in [-0.05, 0) is 31.9 Å². The minimum Gasteiger partial charge on any atom is -0.360 e. The lowest BCUT2D eigenvalue weighted by atomic mass is 9.93. The monoisotopic (exact) mass is 359 g/mol. The third-order valence-corrected chi connectivity index (χ3v) is 4.59. The molecule has 0 bridgehead atoms. The molecular weight excluding hydrogens is 337 g/mol. The van der Waals surface area contributed by atoms with Crippen molar-refractivity contribution in [1.29, 1.82) is 0 Å². The molecule has 1 heterocycles. The smallest absolute Gasteiger partial charge is 0.257 e. The summed E-state index contributed by atoms with van der Waals surface area (Å²) in [6, 6.07) is 7.39. The van der Waals surface area contributed by atoms with Gasteiger partial charge in [0.05, 0.1) is 5.56 Å². The number of aromatic nitrogens is 1. The molecule has 0 spiro atoms. The fourth-order valence-electron chi connectivity index (χ4n) is 3.31. The minimum absolute atomic E-state index is 0.0110. The topological polar surface area (TPSA) is 75.4 Å². The third kappa shape index (κ3) is 4.28. The highest BCUT2D eigenvalue weighted by Crippen LogP contribution is 2.24. The lowest BCUT2D eigenvalue weighted by Crippen LogP contribution is -2.46. The first-order chi connectivity index (χ1) is 12.5. The quantitative estimate of drug-likeness (QED) is 0.886. The molecule has 7 heteroatoms. The van der Waals surface area contributed by atoms with Crippen LogP contribution in [0.15, 0.2) is 34.9 Å². The SMILES string of the molecule is Cc1cc(NC(=O)CN(C(=O)c2ccccc2F)C2CCCCC2)no1. The number of nitrogens with one attached hydrogen (secondary N) is 1. The highest BCUT2D eigenvalue weighted by Gasteiger charge is 2.29. The van der Waals surface area contributed by atoms with E-state index in [4.69, 9.17) is 4.52 Å². The number of carbonyl (C=O) groups is 2. The van der Waals surface area contributed by atoms with Gasteiger partial charge in [0.25, 0.3) is 5.91 Å². The van der Waals surface area contributed by atoms with Crippen LogP contribution in [0.3, 0.4) is 0 Å². The van der Waals surface area contributed by atoms with Crippen molar-refractivity contribution in [2.75, 3.05) is 11.9 Å². The summed E-state index contributed by atoms with van der Waals surface area (Å²) >= 11 is 0. The number of benzene rings is 1. The van der Waals surface area contributed by atoms with Gasteiger partial charge < -0.3 is 14.7 Å². The van der Waals surface area contributed by atoms with E-state index >= 15 is 0 Å². The molecule has 0 aliphatic heterocycles. The number of amides is 2. The second-order valence-electron chi connectivity index (χ2n) is 6.58. The molecule has 0 radical (unpaired) electrons. The van der Waals surface area contributed by atoms with Crippen molar-refractivity contribution in [2.45, 2.75) is 45.1 Å². The molecule has 0 saturated heterocycles. The predicted octanol–water partition coefficient (Wildman–Crippen LogP) is 3.54. The lowest BCUT2D eigenvalue weighted by molar-refractivity contribution is -0.117. The van der Waals surface area contributed by atoms with E-state index in [9.17, 15) is 14.0 Å². The second-order valence-corrected chi connectivity index (χ2v) is 6.58. The minimum atomic E-state index is -0.578. The zero-order valence-electron chi connectivity index (χ0n) is 14.7. The molecule has 138 valence electrons. The van der Waals surface area contributed by atoms with Gasteiger partial charge in [0.15, 0.2) is 5.82 Å². The van der Waals surface area contributed by atoms with Gasteiger partial charge in [0.2, 0.25) is 5.91 Å². The van der Waals surface area contributed by atoms with Gasteiger partial charge in [-0.15, -0.1) is 0 Å². The summed E-state index contributed by atoms with van der Waals surface area (Å²) in [5, 5.41) is 6.34. The molecule has 2 amide bonds. The molecule has 26 heavy (non-hydrogen) atoms. The number of halogens is 1. The molecule has 3 rings (SSSR count). The number of carbonyl (C=O) groups excluding carboxylic acids is 2. The van der Waals surface area contributed by atoms with Crippen LogP contribution in [0, 0.1) is 12.7 Å². The predicted molar refractivity (Wildman–Crippen MR) is 94.2 cm³/mol. The van der Waals surface area contributed by atoms with E-state index in [0.717, 1.165) is 32.1 Å². The zero-order chi connectivity index (χ0) is 18.5. The number of rotatable bonds is 5. The molecule has 1 N–H and O–H groups in total. The number of aryl methyl sites for hydroxylation is 1. The van der Waals surface area contributed by atoms with E-state index in [0.29, 0.717) is 11.6 Å². The van der Waals surface area contributed by atoms with Gasteiger partial charge in [-0.1, -0.05) is 36.6 Å². The summed E-state index contributed by atoms with van der Waals surface area (Å²) in [4.78, 5) is 26.8. The molecule has 1 aliphatic carbocycles. The van der Waals surface area contributed by atoms with Gasteiger partial charge >= 0.3 is 0 Å². The van der Waals surface area contributed by atoms with Gasteiger partial charge in [-0.2, -0.15) is 0 Å². The Morgan fingerprint density at radius 1 is 1.27 bits per heavy atom. The molecule has 0 unspecified atom stereocenters. The van der Waals surface area contributed by atoms with Crippen molar-refractivity contribution >= 4 is 17.6 Å². The van der Waals surface area contributed by atoms with E-state index in [-0.39, 0.29) is 24.1 Å². The van der Waals surface area contributed by atoms with Crippen LogP contribution in [-0.2, 0) is 4.79 Å². The number of nitrogens with zero attached hydrogens (tertiary/aromatic N) is 2. The zero-order valence-corrected chi connectivity index (χ0v) is 14.7. The summed E-state index contributed by atoms with van der Waals surface area (Å²) in [6.07, 6.45) is 4.74. The van der Waals surface area contributed by atoms with E-state index < -0.39 is 11.7 Å². The molecule has 6 nitrogen and oxygen atoms in total. The fourth-order valence-corrected chi connectivity index (χ4v) is 3.31. The van der Waals surface area contributed by atoms with Gasteiger partial charge in [-0.25, -0.2) is 4.39 Å². The van der Waals surface area contributed by atoms with E-state index in [1.807, 2.05) is 0 Å². The van der Waals surface area contributed by atoms with E-state index in [1.54, 1.807) is 19.1 Å². The largest absolute Gasteiger partial charge is 0.360 e. The Hall–Kier alpha value is -2.70. The highest BCUT2D eigenvalue weighted by molar-refractivity contribution is 5.99. The van der Waals surface area contributed by atoms with Gasteiger partial charge in [-0.3, -0.25) is 9.59 Å². The molecular formula is C19H22FN3O3. The van der Waals surface area contributed by atoms with Crippen molar-refractivity contribution in [2.24, 2.45) is 0 Å². The van der Waals surface area contributed by atoms with Crippen molar-refractivity contribution in [3.8, 4) is 0 Å². The van der Waals surface area contributed by atoms with Crippen LogP contribution >= 0.6 is 0 Å². The van der Waals surface area contributed by atoms with Crippen LogP contribution < -0.4 is 5.32 Å². The molecule has 1 fully saturated rings. The Balaban J connectivity index is 1.77. The maximum Gasteiger partial charge on any atom is 0.257 e. The third-order valence-electron chi connectivity index (χ3n) is 4.59. The van der Waals surface area contributed by atoms with Gasteiger partial charge in [0.1, 0.15) is 18.1 Å². The first-order valence-corrected chi connectivity index (χ1v) is 8.83. The number of hydrogen-bond donors (Lipinski definition) is 1. The molecule has 0 atom stereocenters. The standard InChI is InChI=1S/C19H22FN3O3/c1-13-11-17(22-26-13)21-18(24)12-23(14-7-3-2-4-8-14)19(25)15-9-5-6-10-16(15)20/h5-6,9-11,14H,2-4,7-8,12H2,1H3,(H,21,22,24). The second kappa shape index (κ2) is 8.12. The summed E-state index contributed by atoms with van der Waals surface area (Å²) < 4.78 is 19.0. The Bertz CT molecular complexity index is 784. The summed E-state index contributed by atoms with van der Waals surface area (Å²) in [7, 11) is 0. The maximum atomic E-state index is 14.1. The van der Waals surface area contributed by atoms with E-state index in [2.05, 4.69) is 10.5 Å². The number of anilines is 1. The lowest BCUT2D eigenvalue weighted by Gasteiger charge is -2.34.